The molecule has 0 N–H and O–H groups in total. The van der Waals surface area contributed by atoms with Gasteiger partial charge in [0.25, 0.3) is 0 Å². The van der Waals surface area contributed by atoms with Gasteiger partial charge >= 0.3 is 0 Å². The van der Waals surface area contributed by atoms with Crippen LogP contribution in [0.25, 0.3) is 0 Å². The Labute approximate surface area is 158 Å². The van der Waals surface area contributed by atoms with Crippen molar-refractivity contribution >= 4 is 0 Å². The molecule has 0 saturated heterocycles. The monoisotopic (exact) mass is 342 g/mol. The molecule has 0 aliphatic heterocycles. The summed E-state index contributed by atoms with van der Waals surface area (Å²) < 4.78 is 0. The van der Waals surface area contributed by atoms with Crippen LogP contribution in [-0.4, -0.2) is 0 Å². The van der Waals surface area contributed by atoms with Crippen LogP contribution in [0.15, 0.2) is 48.5 Å². The molecule has 0 bridgehead atoms. The van der Waals surface area contributed by atoms with E-state index in [0.29, 0.717) is 0 Å². The molecule has 0 aliphatic carbocycles. The summed E-state index contributed by atoms with van der Waals surface area (Å²) in [5, 5.41) is 0. The molecule has 0 saturated carbocycles. The predicted molar refractivity (Wildman–Crippen MR) is 113 cm³/mol. The van der Waals surface area contributed by atoms with Crippen molar-refractivity contribution in [3.8, 4) is 0 Å². The molecule has 0 aromatic heterocycles. The summed E-state index contributed by atoms with van der Waals surface area (Å²) in [6, 6.07) is 18.4. The van der Waals surface area contributed by atoms with Crippen molar-refractivity contribution in [1.29, 1.82) is 0 Å². The third-order valence-corrected chi connectivity index (χ3v) is 6.14. The molecule has 0 unspecified atom stereocenters. The lowest BCUT2D eigenvalue weighted by molar-refractivity contribution is 0.946. The van der Waals surface area contributed by atoms with Gasteiger partial charge in [-0.15, -0.1) is 0 Å². The summed E-state index contributed by atoms with van der Waals surface area (Å²) >= 11 is 0. The fourth-order valence-corrected chi connectivity index (χ4v) is 3.73. The van der Waals surface area contributed by atoms with Gasteiger partial charge in [-0.1, -0.05) is 48.5 Å². The van der Waals surface area contributed by atoms with E-state index in [-0.39, 0.29) is 5.92 Å². The van der Waals surface area contributed by atoms with E-state index in [1.165, 1.54) is 55.6 Å². The zero-order valence-corrected chi connectivity index (χ0v) is 17.2. The van der Waals surface area contributed by atoms with E-state index < -0.39 is 0 Å². The van der Waals surface area contributed by atoms with Crippen molar-refractivity contribution in [2.45, 2.75) is 54.4 Å². The van der Waals surface area contributed by atoms with E-state index in [1.807, 2.05) is 0 Å². The van der Waals surface area contributed by atoms with E-state index in [9.17, 15) is 0 Å². The Balaban J connectivity index is 2.27. The number of aryl methyl sites for hydroxylation is 5. The molecule has 0 heterocycles. The van der Waals surface area contributed by atoms with E-state index in [0.717, 1.165) is 0 Å². The molecule has 0 amide bonds. The van der Waals surface area contributed by atoms with E-state index in [4.69, 9.17) is 0 Å². The molecule has 0 spiro atoms. The third kappa shape index (κ3) is 3.33. The summed E-state index contributed by atoms with van der Waals surface area (Å²) in [6.07, 6.45) is 0. The van der Waals surface area contributed by atoms with Crippen molar-refractivity contribution < 1.29 is 0 Å². The van der Waals surface area contributed by atoms with Gasteiger partial charge in [-0.25, -0.2) is 0 Å². The highest BCUT2D eigenvalue weighted by molar-refractivity contribution is 5.52. The first-order chi connectivity index (χ1) is 12.3. The van der Waals surface area contributed by atoms with E-state index in [2.05, 4.69) is 97.0 Å². The molecule has 0 radical (unpaired) electrons. The first kappa shape index (κ1) is 18.5. The average molecular weight is 343 g/mol. The average Bonchev–Trinajstić information content (AvgIpc) is 2.61. The van der Waals surface area contributed by atoms with Crippen LogP contribution in [0.3, 0.4) is 0 Å². The molecule has 0 aliphatic rings. The van der Waals surface area contributed by atoms with Crippen molar-refractivity contribution in [3.63, 3.8) is 0 Å². The predicted octanol–water partition coefficient (Wildman–Crippen LogP) is 7.03. The molecule has 3 rings (SSSR count). The molecule has 0 nitrogen and oxygen atoms in total. The lowest BCUT2D eigenvalue weighted by Gasteiger charge is -2.24. The van der Waals surface area contributed by atoms with Crippen LogP contribution < -0.4 is 0 Å². The second-order valence-corrected chi connectivity index (χ2v) is 7.84. The van der Waals surface area contributed by atoms with Gasteiger partial charge in [0.2, 0.25) is 0 Å². The summed E-state index contributed by atoms with van der Waals surface area (Å²) in [7, 11) is 0. The lowest BCUT2D eigenvalue weighted by Crippen LogP contribution is -2.08. The van der Waals surface area contributed by atoms with Crippen LogP contribution in [0, 0.1) is 48.5 Å². The van der Waals surface area contributed by atoms with Gasteiger partial charge in [0.1, 0.15) is 0 Å². The van der Waals surface area contributed by atoms with Crippen LogP contribution >= 0.6 is 0 Å². The third-order valence-electron chi connectivity index (χ3n) is 6.14. The Bertz CT molecular complexity index is 909. The molecule has 26 heavy (non-hydrogen) atoms. The lowest BCUT2D eigenvalue weighted by atomic mass is 9.80. The van der Waals surface area contributed by atoms with Gasteiger partial charge in [-0.3, -0.25) is 0 Å². The van der Waals surface area contributed by atoms with Crippen molar-refractivity contribution in [2.75, 3.05) is 0 Å². The Morgan fingerprint density at radius 3 is 1.38 bits per heavy atom. The minimum atomic E-state index is 0.271. The van der Waals surface area contributed by atoms with Gasteiger partial charge in [0.15, 0.2) is 0 Å². The Kier molecular flexibility index (Phi) is 5.05. The minimum absolute atomic E-state index is 0.271. The maximum atomic E-state index is 2.36. The largest absolute Gasteiger partial charge is 0.0588 e. The Hall–Kier alpha value is -2.34. The first-order valence-corrected chi connectivity index (χ1v) is 9.50. The summed E-state index contributed by atoms with van der Waals surface area (Å²) in [6.45, 7) is 15.5. The highest BCUT2D eigenvalue weighted by Crippen LogP contribution is 2.36. The van der Waals surface area contributed by atoms with Crippen LogP contribution in [0.2, 0.25) is 0 Å². The summed E-state index contributed by atoms with van der Waals surface area (Å²) in [5.41, 5.74) is 13.8. The highest BCUT2D eigenvalue weighted by Gasteiger charge is 2.20. The second kappa shape index (κ2) is 7.11. The number of hydrogen-bond donors (Lipinski definition) is 0. The van der Waals surface area contributed by atoms with Crippen LogP contribution in [0.5, 0.6) is 0 Å². The smallest absolute Gasteiger partial charge is 0.0342 e. The maximum Gasteiger partial charge on any atom is 0.0342 e. The molecule has 3 aromatic rings. The van der Waals surface area contributed by atoms with Crippen LogP contribution in [-0.2, 0) is 0 Å². The fraction of sp³-hybridized carbons (Fsp3) is 0.308. The van der Waals surface area contributed by atoms with Crippen molar-refractivity contribution in [2.24, 2.45) is 0 Å². The fourth-order valence-electron chi connectivity index (χ4n) is 3.73. The standard InChI is InChI=1S/C26H30/c1-16-8-11-23(14-19(16)4)26(24-12-9-17(2)20(5)15-24)25-13-10-18(3)21(6)22(25)7/h8-15,26H,1-7H3. The van der Waals surface area contributed by atoms with Gasteiger partial charge in [-0.2, -0.15) is 0 Å². The molecular weight excluding hydrogens is 312 g/mol. The highest BCUT2D eigenvalue weighted by atomic mass is 14.2. The molecule has 0 heteroatoms. The second-order valence-electron chi connectivity index (χ2n) is 7.84. The summed E-state index contributed by atoms with van der Waals surface area (Å²) in [5.74, 6) is 0.271. The van der Waals surface area contributed by atoms with Gasteiger partial charge in [0.05, 0.1) is 0 Å². The molecule has 0 atom stereocenters. The molecule has 0 fully saturated rings. The number of hydrogen-bond acceptors (Lipinski definition) is 0. The Morgan fingerprint density at radius 1 is 0.462 bits per heavy atom. The van der Waals surface area contributed by atoms with Crippen LogP contribution in [0.1, 0.15) is 61.6 Å². The van der Waals surface area contributed by atoms with Gasteiger partial charge in [0, 0.05) is 5.92 Å². The molecular formula is C26H30. The summed E-state index contributed by atoms with van der Waals surface area (Å²) in [4.78, 5) is 0. The normalized spacial score (nSPS) is 11.2. The maximum absolute atomic E-state index is 2.36. The topological polar surface area (TPSA) is 0 Å². The zero-order chi connectivity index (χ0) is 19.0. The van der Waals surface area contributed by atoms with E-state index in [1.54, 1.807) is 0 Å². The van der Waals surface area contributed by atoms with Crippen LogP contribution in [0.4, 0.5) is 0 Å². The SMILES string of the molecule is Cc1ccc(C(c2ccc(C)c(C)c2)c2ccc(C)c(C)c2C)cc1C. The van der Waals surface area contributed by atoms with Crippen molar-refractivity contribution in [1.82, 2.24) is 0 Å². The van der Waals surface area contributed by atoms with E-state index >= 15 is 0 Å². The zero-order valence-electron chi connectivity index (χ0n) is 17.2. The minimum Gasteiger partial charge on any atom is -0.0588 e. The van der Waals surface area contributed by atoms with Gasteiger partial charge < -0.3 is 0 Å². The quantitative estimate of drug-likeness (QED) is 0.448. The van der Waals surface area contributed by atoms with Gasteiger partial charge in [-0.05, 0) is 104 Å². The number of rotatable bonds is 3. The van der Waals surface area contributed by atoms with Crippen molar-refractivity contribution in [3.05, 3.63) is 104 Å². The molecule has 134 valence electrons. The first-order valence-electron chi connectivity index (χ1n) is 9.50. The Morgan fingerprint density at radius 2 is 0.923 bits per heavy atom. The molecule has 3 aromatic carbocycles. The number of benzene rings is 3.